The summed E-state index contributed by atoms with van der Waals surface area (Å²) in [6.45, 7) is 6.33. The Morgan fingerprint density at radius 3 is 2.18 bits per heavy atom. The average molecular weight is 482 g/mol. The minimum absolute atomic E-state index is 0.0353. The summed E-state index contributed by atoms with van der Waals surface area (Å²) in [5, 5.41) is 9.48. The molecule has 1 N–H and O–H groups in total. The summed E-state index contributed by atoms with van der Waals surface area (Å²) >= 11 is 0. The molecule has 0 saturated carbocycles. The highest BCUT2D eigenvalue weighted by molar-refractivity contribution is 7.90. The number of halogens is 2. The number of hydrogen-bond acceptors (Lipinski definition) is 4. The number of piperidine rings is 1. The van der Waals surface area contributed by atoms with Crippen LogP contribution in [0.1, 0.15) is 33.6 Å². The third-order valence-electron chi connectivity index (χ3n) is 6.03. The van der Waals surface area contributed by atoms with Crippen LogP contribution >= 0.6 is 0 Å². The van der Waals surface area contributed by atoms with Crippen molar-refractivity contribution >= 4 is 15.9 Å². The lowest BCUT2D eigenvalue weighted by Gasteiger charge is -2.44. The van der Waals surface area contributed by atoms with Gasteiger partial charge in [-0.05, 0) is 59.6 Å². The Labute approximate surface area is 193 Å². The number of likely N-dealkylation sites (tertiary alicyclic amines) is 1. The molecular weight excluding hydrogens is 452 g/mol. The number of amides is 1. The predicted molar refractivity (Wildman–Crippen MR) is 121 cm³/mol. The highest BCUT2D eigenvalue weighted by Gasteiger charge is 2.39. The summed E-state index contributed by atoms with van der Waals surface area (Å²) in [6.07, 6.45) is 1.21. The predicted octanol–water partition coefficient (Wildman–Crippen LogP) is 5.22. The molecule has 0 aliphatic carbocycles. The molecule has 33 heavy (non-hydrogen) atoms. The molecule has 1 saturated heterocycles. The first kappa shape index (κ1) is 25.0. The van der Waals surface area contributed by atoms with Crippen LogP contribution in [0, 0.1) is 23.0 Å². The molecule has 9 heteroatoms. The first-order valence-corrected chi connectivity index (χ1v) is 12.6. The molecule has 0 radical (unpaired) electrons. The Bertz CT molecular complexity index is 1100. The van der Waals surface area contributed by atoms with Crippen molar-refractivity contribution in [3.05, 3.63) is 48.0 Å². The second-order valence-corrected chi connectivity index (χ2v) is 11.6. The van der Waals surface area contributed by atoms with E-state index in [9.17, 15) is 27.1 Å². The van der Waals surface area contributed by atoms with Crippen molar-refractivity contribution in [2.24, 2.45) is 11.3 Å². The van der Waals surface area contributed by atoms with Gasteiger partial charge in [0.25, 0.3) is 0 Å². The number of carbonyl (C=O) groups is 1. The molecule has 180 valence electrons. The molecule has 2 aromatic carbocycles. The van der Waals surface area contributed by atoms with Crippen LogP contribution in [0.5, 0.6) is 5.75 Å². The van der Waals surface area contributed by atoms with Crippen LogP contribution in [-0.2, 0) is 9.84 Å². The van der Waals surface area contributed by atoms with Gasteiger partial charge in [-0.15, -0.1) is 0 Å². The van der Waals surface area contributed by atoms with Crippen molar-refractivity contribution < 1.29 is 31.8 Å². The first-order valence-electron chi connectivity index (χ1n) is 10.7. The number of benzene rings is 2. The van der Waals surface area contributed by atoms with E-state index < -0.39 is 33.3 Å². The Morgan fingerprint density at radius 1 is 1.12 bits per heavy atom. The largest absolute Gasteiger partial charge is 0.487 e. The summed E-state index contributed by atoms with van der Waals surface area (Å²) in [5.74, 6) is -2.22. The maximum absolute atomic E-state index is 14.7. The van der Waals surface area contributed by atoms with Gasteiger partial charge < -0.3 is 14.7 Å². The normalized spacial score (nSPS) is 19.4. The molecule has 1 fully saturated rings. The Balaban J connectivity index is 1.73. The van der Waals surface area contributed by atoms with Crippen molar-refractivity contribution in [2.75, 3.05) is 19.4 Å². The monoisotopic (exact) mass is 481 g/mol. The van der Waals surface area contributed by atoms with Gasteiger partial charge in [-0.1, -0.05) is 32.9 Å². The Kier molecular flexibility index (Phi) is 7.02. The van der Waals surface area contributed by atoms with Crippen LogP contribution in [0.15, 0.2) is 41.3 Å². The van der Waals surface area contributed by atoms with Crippen LogP contribution in [0.25, 0.3) is 11.1 Å². The van der Waals surface area contributed by atoms with E-state index in [0.717, 1.165) is 18.4 Å². The molecule has 1 heterocycles. The van der Waals surface area contributed by atoms with Gasteiger partial charge in [-0.25, -0.2) is 22.0 Å². The van der Waals surface area contributed by atoms with E-state index >= 15 is 0 Å². The van der Waals surface area contributed by atoms with Gasteiger partial charge in [0.05, 0.1) is 11.5 Å². The number of hydrogen-bond donors (Lipinski definition) is 1. The summed E-state index contributed by atoms with van der Waals surface area (Å²) < 4.78 is 58.1. The number of sulfone groups is 1. The van der Waals surface area contributed by atoms with Crippen LogP contribution in [0.2, 0.25) is 0 Å². The average Bonchev–Trinajstić information content (AvgIpc) is 2.71. The minimum atomic E-state index is -3.37. The molecule has 1 aliphatic rings. The lowest BCUT2D eigenvalue weighted by molar-refractivity contribution is 0.0295. The fourth-order valence-corrected chi connectivity index (χ4v) is 4.83. The summed E-state index contributed by atoms with van der Waals surface area (Å²) in [7, 11) is -3.37. The second kappa shape index (κ2) is 9.29. The zero-order chi connectivity index (χ0) is 24.6. The van der Waals surface area contributed by atoms with E-state index in [2.05, 4.69) is 0 Å². The maximum Gasteiger partial charge on any atom is 0.407 e. The standard InChI is InChI=1S/C24H29F2NO5S/c1-24(2,3)21-11-15(9-10-27(21)23(28)29)14-32-22-19(25)12-17(13-20(22)26)16-5-7-18(8-6-16)33(4,30)31/h5-8,12-13,15,21H,9-11,14H2,1-4H3,(H,28,29). The van der Waals surface area contributed by atoms with Crippen molar-refractivity contribution in [3.63, 3.8) is 0 Å². The Hall–Kier alpha value is -2.68. The fourth-order valence-electron chi connectivity index (χ4n) is 4.20. The van der Waals surface area contributed by atoms with Crippen molar-refractivity contribution in [2.45, 2.75) is 44.6 Å². The molecule has 2 aromatic rings. The van der Waals surface area contributed by atoms with E-state index in [1.165, 1.54) is 29.2 Å². The van der Waals surface area contributed by atoms with E-state index in [1.54, 1.807) is 0 Å². The van der Waals surface area contributed by atoms with Crippen LogP contribution in [-0.4, -0.2) is 50.0 Å². The van der Waals surface area contributed by atoms with Gasteiger partial charge in [-0.3, -0.25) is 0 Å². The minimum Gasteiger partial charge on any atom is -0.487 e. The van der Waals surface area contributed by atoms with Gasteiger partial charge in [-0.2, -0.15) is 0 Å². The number of carboxylic acid groups (broad SMARTS) is 1. The lowest BCUT2D eigenvalue weighted by Crippen LogP contribution is -2.52. The van der Waals surface area contributed by atoms with Crippen molar-refractivity contribution in [1.29, 1.82) is 0 Å². The van der Waals surface area contributed by atoms with E-state index in [1.807, 2.05) is 20.8 Å². The third kappa shape index (κ3) is 5.82. The van der Waals surface area contributed by atoms with Crippen molar-refractivity contribution in [1.82, 2.24) is 4.90 Å². The molecule has 0 spiro atoms. The number of rotatable bonds is 5. The van der Waals surface area contributed by atoms with Crippen molar-refractivity contribution in [3.8, 4) is 16.9 Å². The summed E-state index contributed by atoms with van der Waals surface area (Å²) in [5.41, 5.74) is 0.461. The molecule has 2 atom stereocenters. The Morgan fingerprint density at radius 2 is 1.70 bits per heavy atom. The number of ether oxygens (including phenoxy) is 1. The quantitative estimate of drug-likeness (QED) is 0.633. The zero-order valence-corrected chi connectivity index (χ0v) is 20.0. The SMILES string of the molecule is CC(C)(C)C1CC(COc2c(F)cc(-c3ccc(S(C)(=O)=O)cc3)cc2F)CCN1C(=O)O. The zero-order valence-electron chi connectivity index (χ0n) is 19.1. The van der Waals surface area contributed by atoms with Gasteiger partial charge in [0, 0.05) is 18.8 Å². The van der Waals surface area contributed by atoms with Crippen LogP contribution in [0.4, 0.5) is 13.6 Å². The molecule has 3 rings (SSSR count). The van der Waals surface area contributed by atoms with Gasteiger partial charge in [0.2, 0.25) is 0 Å². The van der Waals surface area contributed by atoms with E-state index in [-0.39, 0.29) is 34.4 Å². The van der Waals surface area contributed by atoms with E-state index in [4.69, 9.17) is 4.74 Å². The lowest BCUT2D eigenvalue weighted by atomic mass is 9.77. The molecule has 1 amide bonds. The molecule has 0 bridgehead atoms. The molecule has 0 aromatic heterocycles. The van der Waals surface area contributed by atoms with E-state index in [0.29, 0.717) is 24.9 Å². The molecule has 6 nitrogen and oxygen atoms in total. The smallest absolute Gasteiger partial charge is 0.407 e. The van der Waals surface area contributed by atoms with Crippen LogP contribution in [0.3, 0.4) is 0 Å². The van der Waals surface area contributed by atoms with Gasteiger partial charge >= 0.3 is 6.09 Å². The molecule has 2 unspecified atom stereocenters. The first-order chi connectivity index (χ1) is 15.3. The summed E-state index contributed by atoms with van der Waals surface area (Å²) in [6, 6.07) is 7.85. The second-order valence-electron chi connectivity index (χ2n) is 9.62. The number of nitrogens with zero attached hydrogens (tertiary/aromatic N) is 1. The topological polar surface area (TPSA) is 83.9 Å². The third-order valence-corrected chi connectivity index (χ3v) is 7.16. The highest BCUT2D eigenvalue weighted by Crippen LogP contribution is 2.36. The maximum atomic E-state index is 14.7. The van der Waals surface area contributed by atoms with Gasteiger partial charge in [0.15, 0.2) is 27.2 Å². The van der Waals surface area contributed by atoms with Crippen LogP contribution < -0.4 is 4.74 Å². The highest BCUT2D eigenvalue weighted by atomic mass is 32.2. The molecular formula is C24H29F2NO5S. The summed E-state index contributed by atoms with van der Waals surface area (Å²) in [4.78, 5) is 13.1. The van der Waals surface area contributed by atoms with Gasteiger partial charge in [0.1, 0.15) is 0 Å². The molecule has 1 aliphatic heterocycles. The fraction of sp³-hybridized carbons (Fsp3) is 0.458.